The van der Waals surface area contributed by atoms with Crippen molar-refractivity contribution in [1.29, 1.82) is 0 Å². The normalized spacial score (nSPS) is 18.6. The van der Waals surface area contributed by atoms with Crippen molar-refractivity contribution in [3.05, 3.63) is 34.9 Å². The molecule has 18 heavy (non-hydrogen) atoms. The maximum atomic E-state index is 12.7. The van der Waals surface area contributed by atoms with Crippen molar-refractivity contribution < 1.29 is 9.53 Å². The Bertz CT molecular complexity index is 417. The van der Waals surface area contributed by atoms with Gasteiger partial charge in [0.1, 0.15) is 5.60 Å². The number of benzene rings is 1. The smallest absolute Gasteiger partial charge is 0.196 e. The maximum absolute atomic E-state index is 12.7. The molecular formula is C15H19ClO2. The molecule has 0 radical (unpaired) electrons. The highest BCUT2D eigenvalue weighted by Crippen LogP contribution is 2.36. The lowest BCUT2D eigenvalue weighted by Gasteiger charge is -2.35. The highest BCUT2D eigenvalue weighted by Gasteiger charge is 2.41. The fourth-order valence-corrected chi connectivity index (χ4v) is 2.95. The van der Waals surface area contributed by atoms with Crippen LogP contribution in [0.1, 0.15) is 49.4 Å². The predicted molar refractivity (Wildman–Crippen MR) is 73.2 cm³/mol. The number of halogens is 1. The number of hydrogen-bond acceptors (Lipinski definition) is 2. The molecule has 0 aromatic heterocycles. The van der Waals surface area contributed by atoms with E-state index in [9.17, 15) is 4.79 Å². The summed E-state index contributed by atoms with van der Waals surface area (Å²) in [6, 6.07) is 7.24. The van der Waals surface area contributed by atoms with Crippen LogP contribution in [-0.4, -0.2) is 18.0 Å². The van der Waals surface area contributed by atoms with E-state index in [0.29, 0.717) is 17.2 Å². The van der Waals surface area contributed by atoms with Gasteiger partial charge in [-0.05, 0) is 31.9 Å². The van der Waals surface area contributed by atoms with E-state index in [2.05, 4.69) is 0 Å². The lowest BCUT2D eigenvalue weighted by atomic mass is 9.79. The molecule has 0 unspecified atom stereocenters. The van der Waals surface area contributed by atoms with Crippen LogP contribution in [0.25, 0.3) is 0 Å². The number of ketones is 1. The summed E-state index contributed by atoms with van der Waals surface area (Å²) < 4.78 is 5.83. The second-order valence-electron chi connectivity index (χ2n) is 4.80. The molecule has 3 heteroatoms. The fourth-order valence-electron chi connectivity index (χ4n) is 2.73. The van der Waals surface area contributed by atoms with Gasteiger partial charge < -0.3 is 4.74 Å². The molecule has 0 spiro atoms. The van der Waals surface area contributed by atoms with Crippen LogP contribution < -0.4 is 0 Å². The molecule has 98 valence electrons. The molecule has 0 saturated heterocycles. The predicted octanol–water partition coefficient (Wildman–Crippen LogP) is 4.26. The summed E-state index contributed by atoms with van der Waals surface area (Å²) >= 11 is 6.12. The average Bonchev–Trinajstić information content (AvgIpc) is 2.40. The molecule has 0 amide bonds. The first-order valence-electron chi connectivity index (χ1n) is 6.63. The van der Waals surface area contributed by atoms with Crippen LogP contribution in [0, 0.1) is 0 Å². The monoisotopic (exact) mass is 266 g/mol. The molecule has 0 N–H and O–H groups in total. The Hall–Kier alpha value is -0.860. The van der Waals surface area contributed by atoms with Gasteiger partial charge >= 0.3 is 0 Å². The van der Waals surface area contributed by atoms with Gasteiger partial charge in [-0.1, -0.05) is 43.0 Å². The van der Waals surface area contributed by atoms with E-state index in [1.807, 2.05) is 19.1 Å². The number of rotatable bonds is 4. The fraction of sp³-hybridized carbons (Fsp3) is 0.533. The summed E-state index contributed by atoms with van der Waals surface area (Å²) in [6.45, 7) is 2.51. The molecular weight excluding hydrogens is 248 g/mol. The first-order valence-corrected chi connectivity index (χ1v) is 7.01. The molecule has 2 nitrogen and oxygen atoms in total. The zero-order valence-corrected chi connectivity index (χ0v) is 11.5. The van der Waals surface area contributed by atoms with Gasteiger partial charge in [-0.3, -0.25) is 4.79 Å². The van der Waals surface area contributed by atoms with E-state index >= 15 is 0 Å². The summed E-state index contributed by atoms with van der Waals surface area (Å²) in [5.74, 6) is 0.0506. The highest BCUT2D eigenvalue weighted by molar-refractivity contribution is 6.34. The summed E-state index contributed by atoms with van der Waals surface area (Å²) in [6.07, 6.45) is 4.91. The standard InChI is InChI=1S/C15H19ClO2/c1-2-18-15(10-6-3-7-11-15)14(17)12-8-4-5-9-13(12)16/h4-5,8-9H,2-3,6-7,10-11H2,1H3. The zero-order valence-electron chi connectivity index (χ0n) is 10.7. The molecule has 0 aliphatic heterocycles. The average molecular weight is 267 g/mol. The number of carbonyl (C=O) groups excluding carboxylic acids is 1. The van der Waals surface area contributed by atoms with Crippen LogP contribution in [0.3, 0.4) is 0 Å². The van der Waals surface area contributed by atoms with E-state index in [4.69, 9.17) is 16.3 Å². The van der Waals surface area contributed by atoms with Crippen LogP contribution in [0.15, 0.2) is 24.3 Å². The van der Waals surface area contributed by atoms with Gasteiger partial charge in [0, 0.05) is 12.2 Å². The van der Waals surface area contributed by atoms with E-state index in [0.717, 1.165) is 25.7 Å². The first kappa shape index (κ1) is 13.6. The molecule has 1 saturated carbocycles. The van der Waals surface area contributed by atoms with Gasteiger partial charge in [0.05, 0.1) is 5.02 Å². The van der Waals surface area contributed by atoms with Crippen molar-refractivity contribution in [2.24, 2.45) is 0 Å². The molecule has 1 aromatic carbocycles. The zero-order chi connectivity index (χ0) is 13.0. The van der Waals surface area contributed by atoms with Gasteiger partial charge in [0.15, 0.2) is 5.78 Å². The molecule has 1 fully saturated rings. The summed E-state index contributed by atoms with van der Waals surface area (Å²) in [7, 11) is 0. The quantitative estimate of drug-likeness (QED) is 0.761. The van der Waals surface area contributed by atoms with Crippen molar-refractivity contribution in [2.45, 2.75) is 44.6 Å². The Morgan fingerprint density at radius 3 is 2.56 bits per heavy atom. The maximum Gasteiger partial charge on any atom is 0.196 e. The summed E-state index contributed by atoms with van der Waals surface area (Å²) in [5, 5.41) is 0.521. The Kier molecular flexibility index (Phi) is 4.41. The third-order valence-electron chi connectivity index (χ3n) is 3.61. The van der Waals surface area contributed by atoms with Crippen molar-refractivity contribution >= 4 is 17.4 Å². The third-order valence-corrected chi connectivity index (χ3v) is 3.94. The van der Waals surface area contributed by atoms with Gasteiger partial charge in [0.2, 0.25) is 0 Å². The molecule has 0 bridgehead atoms. The SMILES string of the molecule is CCOC1(C(=O)c2ccccc2Cl)CCCCC1. The molecule has 1 aliphatic rings. The molecule has 1 aliphatic carbocycles. The van der Waals surface area contributed by atoms with Crippen LogP contribution >= 0.6 is 11.6 Å². The Balaban J connectivity index is 2.31. The lowest BCUT2D eigenvalue weighted by molar-refractivity contribution is -0.0410. The van der Waals surface area contributed by atoms with E-state index in [1.165, 1.54) is 6.42 Å². The summed E-state index contributed by atoms with van der Waals surface area (Å²) in [5.41, 5.74) is -0.0487. The molecule has 0 atom stereocenters. The molecule has 0 heterocycles. The van der Waals surface area contributed by atoms with Crippen LogP contribution in [0.5, 0.6) is 0 Å². The van der Waals surface area contributed by atoms with E-state index < -0.39 is 5.60 Å². The topological polar surface area (TPSA) is 26.3 Å². The number of carbonyl (C=O) groups is 1. The van der Waals surface area contributed by atoms with Gasteiger partial charge in [0.25, 0.3) is 0 Å². The van der Waals surface area contributed by atoms with E-state index in [-0.39, 0.29) is 5.78 Å². The molecule has 1 aromatic rings. The Labute approximate surface area is 113 Å². The van der Waals surface area contributed by atoms with Crippen LogP contribution in [0.4, 0.5) is 0 Å². The van der Waals surface area contributed by atoms with Gasteiger partial charge in [-0.15, -0.1) is 0 Å². The minimum absolute atomic E-state index is 0.0506. The van der Waals surface area contributed by atoms with Crippen molar-refractivity contribution in [1.82, 2.24) is 0 Å². The first-order chi connectivity index (χ1) is 8.69. The number of ether oxygens (including phenoxy) is 1. The van der Waals surface area contributed by atoms with Gasteiger partial charge in [-0.2, -0.15) is 0 Å². The van der Waals surface area contributed by atoms with Crippen molar-refractivity contribution in [2.75, 3.05) is 6.61 Å². The highest BCUT2D eigenvalue weighted by atomic mass is 35.5. The van der Waals surface area contributed by atoms with Crippen LogP contribution in [0.2, 0.25) is 5.02 Å². The minimum Gasteiger partial charge on any atom is -0.367 e. The second kappa shape index (κ2) is 5.85. The summed E-state index contributed by atoms with van der Waals surface area (Å²) in [4.78, 5) is 12.7. The Morgan fingerprint density at radius 1 is 1.28 bits per heavy atom. The number of Topliss-reactive ketones (excluding diaryl/α,β-unsaturated/α-hetero) is 1. The second-order valence-corrected chi connectivity index (χ2v) is 5.20. The van der Waals surface area contributed by atoms with E-state index in [1.54, 1.807) is 12.1 Å². The third kappa shape index (κ3) is 2.60. The minimum atomic E-state index is -0.641. The lowest BCUT2D eigenvalue weighted by Crippen LogP contribution is -2.43. The van der Waals surface area contributed by atoms with Crippen molar-refractivity contribution in [3.63, 3.8) is 0 Å². The molecule has 2 rings (SSSR count). The number of hydrogen-bond donors (Lipinski definition) is 0. The Morgan fingerprint density at radius 2 is 1.94 bits per heavy atom. The largest absolute Gasteiger partial charge is 0.367 e. The van der Waals surface area contributed by atoms with Crippen molar-refractivity contribution in [3.8, 4) is 0 Å². The van der Waals surface area contributed by atoms with Crippen LogP contribution in [-0.2, 0) is 4.74 Å². The van der Waals surface area contributed by atoms with Gasteiger partial charge in [-0.25, -0.2) is 0 Å².